The second-order valence-electron chi connectivity index (χ2n) is 8.94. The van der Waals surface area contributed by atoms with Gasteiger partial charge in [0.05, 0.1) is 22.9 Å². The molecule has 188 valence electrons. The van der Waals surface area contributed by atoms with Crippen LogP contribution < -0.4 is 5.69 Å². The zero-order chi connectivity index (χ0) is 25.8. The maximum Gasteiger partial charge on any atom is 0.333 e. The molecule has 0 saturated carbocycles. The van der Waals surface area contributed by atoms with Crippen molar-refractivity contribution in [1.29, 1.82) is 0 Å². The minimum absolute atomic E-state index is 0.0968. The second-order valence-corrected chi connectivity index (χ2v) is 9.35. The number of rotatable bonds is 9. The van der Waals surface area contributed by atoms with Crippen molar-refractivity contribution in [1.82, 2.24) is 34.7 Å². The number of aromatic nitrogens is 7. The zero-order valence-corrected chi connectivity index (χ0v) is 21.6. The minimum Gasteiger partial charge on any atom is -0.292 e. The molecule has 37 heavy (non-hydrogen) atoms. The van der Waals surface area contributed by atoms with Gasteiger partial charge in [-0.15, -0.1) is 10.2 Å². The molecular weight excluding hydrogens is 486 g/mol. The van der Waals surface area contributed by atoms with Crippen LogP contribution in [0.2, 0.25) is 5.02 Å². The molecule has 5 aromatic rings. The molecule has 0 fully saturated rings. The van der Waals surface area contributed by atoms with E-state index in [-0.39, 0.29) is 5.69 Å². The highest BCUT2D eigenvalue weighted by Crippen LogP contribution is 2.29. The van der Waals surface area contributed by atoms with Crippen LogP contribution in [0.1, 0.15) is 43.5 Å². The monoisotopic (exact) mass is 513 g/mol. The summed E-state index contributed by atoms with van der Waals surface area (Å²) in [7, 11) is 0. The standard InChI is InChI=1S/C28H28ClN7O/c1-3-8-20-10-7-13-24(29)26(20)36-18-21(9-4-2)35(28(36)37)17-19-14-15-25(30-16-19)22-11-5-6-12-23(22)27-31-33-34-32-27/h5-7,10-16,18H,3-4,8-9,17H2,1-2H3,(H,31,32,33,34). The van der Waals surface area contributed by atoms with Crippen LogP contribution in [-0.4, -0.2) is 34.7 Å². The van der Waals surface area contributed by atoms with Gasteiger partial charge in [-0.3, -0.25) is 14.1 Å². The first-order chi connectivity index (χ1) is 18.1. The lowest BCUT2D eigenvalue weighted by molar-refractivity contribution is 0.689. The summed E-state index contributed by atoms with van der Waals surface area (Å²) < 4.78 is 3.54. The molecule has 3 aromatic heterocycles. The largest absolute Gasteiger partial charge is 0.333 e. The van der Waals surface area contributed by atoms with Gasteiger partial charge < -0.3 is 0 Å². The van der Waals surface area contributed by atoms with Crippen molar-refractivity contribution in [3.63, 3.8) is 0 Å². The summed E-state index contributed by atoms with van der Waals surface area (Å²) in [6.07, 6.45) is 7.30. The number of H-pyrrole nitrogens is 1. The molecule has 8 nitrogen and oxygen atoms in total. The number of benzene rings is 2. The first kappa shape index (κ1) is 24.6. The van der Waals surface area contributed by atoms with E-state index >= 15 is 0 Å². The number of nitrogens with one attached hydrogen (secondary N) is 1. The quantitative estimate of drug-likeness (QED) is 0.281. The van der Waals surface area contributed by atoms with Gasteiger partial charge in [-0.25, -0.2) is 4.79 Å². The van der Waals surface area contributed by atoms with Crippen LogP contribution >= 0.6 is 11.6 Å². The van der Waals surface area contributed by atoms with E-state index < -0.39 is 0 Å². The van der Waals surface area contributed by atoms with Gasteiger partial charge in [0.2, 0.25) is 5.82 Å². The lowest BCUT2D eigenvalue weighted by Crippen LogP contribution is -2.25. The van der Waals surface area contributed by atoms with Gasteiger partial charge >= 0.3 is 5.69 Å². The molecule has 0 saturated heterocycles. The summed E-state index contributed by atoms with van der Waals surface area (Å²) in [6.45, 7) is 4.66. The molecule has 0 unspecified atom stereocenters. The minimum atomic E-state index is -0.0968. The SMILES string of the molecule is CCCc1cccc(Cl)c1-n1cc(CCC)n(Cc2ccc(-c3ccccc3-c3nn[nH]n3)nc2)c1=O. The van der Waals surface area contributed by atoms with Crippen LogP contribution in [0.3, 0.4) is 0 Å². The highest BCUT2D eigenvalue weighted by Gasteiger charge is 2.18. The fraction of sp³-hybridized carbons (Fsp3) is 0.250. The van der Waals surface area contributed by atoms with Crippen LogP contribution in [0.5, 0.6) is 0 Å². The van der Waals surface area contributed by atoms with Gasteiger partial charge in [0.25, 0.3) is 0 Å². The molecule has 1 N–H and O–H groups in total. The first-order valence-corrected chi connectivity index (χ1v) is 12.9. The Labute approximate surface area is 220 Å². The Morgan fingerprint density at radius 3 is 2.46 bits per heavy atom. The molecule has 0 spiro atoms. The van der Waals surface area contributed by atoms with Gasteiger partial charge in [-0.1, -0.05) is 80.8 Å². The van der Waals surface area contributed by atoms with Crippen molar-refractivity contribution in [3.05, 3.63) is 99.3 Å². The Morgan fingerprint density at radius 2 is 1.76 bits per heavy atom. The average molecular weight is 514 g/mol. The predicted octanol–water partition coefficient (Wildman–Crippen LogP) is 5.49. The summed E-state index contributed by atoms with van der Waals surface area (Å²) in [5.74, 6) is 0.514. The van der Waals surface area contributed by atoms with E-state index in [1.54, 1.807) is 4.57 Å². The van der Waals surface area contributed by atoms with E-state index in [4.69, 9.17) is 16.6 Å². The molecule has 3 heterocycles. The van der Waals surface area contributed by atoms with E-state index in [0.717, 1.165) is 65.0 Å². The molecule has 9 heteroatoms. The van der Waals surface area contributed by atoms with E-state index in [2.05, 4.69) is 34.5 Å². The Hall–Kier alpha value is -4.04. The Morgan fingerprint density at radius 1 is 0.946 bits per heavy atom. The molecule has 0 radical (unpaired) electrons. The fourth-order valence-corrected chi connectivity index (χ4v) is 4.94. The predicted molar refractivity (Wildman–Crippen MR) is 145 cm³/mol. The van der Waals surface area contributed by atoms with E-state index in [9.17, 15) is 4.79 Å². The van der Waals surface area contributed by atoms with E-state index in [0.29, 0.717) is 17.4 Å². The highest BCUT2D eigenvalue weighted by molar-refractivity contribution is 6.32. The molecule has 5 rings (SSSR count). The molecule has 0 amide bonds. The van der Waals surface area contributed by atoms with Gasteiger partial charge in [-0.05, 0) is 41.3 Å². The Kier molecular flexibility index (Phi) is 7.28. The number of hydrogen-bond acceptors (Lipinski definition) is 5. The van der Waals surface area contributed by atoms with Crippen LogP contribution in [0.25, 0.3) is 28.3 Å². The van der Waals surface area contributed by atoms with Crippen LogP contribution in [0.15, 0.2) is 71.8 Å². The van der Waals surface area contributed by atoms with Crippen LogP contribution in [0.4, 0.5) is 0 Å². The zero-order valence-electron chi connectivity index (χ0n) is 20.9. The molecule has 0 aliphatic rings. The van der Waals surface area contributed by atoms with Crippen molar-refractivity contribution in [2.45, 2.75) is 46.1 Å². The van der Waals surface area contributed by atoms with Crippen molar-refractivity contribution in [2.24, 2.45) is 0 Å². The third-order valence-corrected chi connectivity index (χ3v) is 6.66. The number of tetrazole rings is 1. The normalized spacial score (nSPS) is 11.2. The highest BCUT2D eigenvalue weighted by atomic mass is 35.5. The molecule has 2 aromatic carbocycles. The molecule has 0 atom stereocenters. The van der Waals surface area contributed by atoms with Gasteiger partial charge in [0.15, 0.2) is 0 Å². The van der Waals surface area contributed by atoms with E-state index in [1.807, 2.05) is 71.6 Å². The number of para-hydroxylation sites is 1. The lowest BCUT2D eigenvalue weighted by atomic mass is 10.0. The number of aromatic amines is 1. The van der Waals surface area contributed by atoms with Crippen LogP contribution in [0, 0.1) is 0 Å². The summed E-state index contributed by atoms with van der Waals surface area (Å²) >= 11 is 6.60. The van der Waals surface area contributed by atoms with Crippen molar-refractivity contribution >= 4 is 11.6 Å². The molecular formula is C28H28ClN7O. The summed E-state index contributed by atoms with van der Waals surface area (Å²) in [6, 6.07) is 17.6. The van der Waals surface area contributed by atoms with Gasteiger partial charge in [0, 0.05) is 29.2 Å². The number of aryl methyl sites for hydroxylation is 2. The van der Waals surface area contributed by atoms with Gasteiger partial charge in [-0.2, -0.15) is 5.21 Å². The van der Waals surface area contributed by atoms with Crippen molar-refractivity contribution in [3.8, 4) is 28.3 Å². The van der Waals surface area contributed by atoms with Crippen molar-refractivity contribution in [2.75, 3.05) is 0 Å². The Bertz CT molecular complexity index is 1550. The number of halogens is 1. The molecule has 0 bridgehead atoms. The maximum absolute atomic E-state index is 13.7. The third-order valence-electron chi connectivity index (χ3n) is 6.35. The topological polar surface area (TPSA) is 94.3 Å². The third kappa shape index (κ3) is 4.97. The summed E-state index contributed by atoms with van der Waals surface area (Å²) in [4.78, 5) is 18.4. The number of pyridine rings is 1. The second kappa shape index (κ2) is 10.9. The maximum atomic E-state index is 13.7. The van der Waals surface area contributed by atoms with Crippen molar-refractivity contribution < 1.29 is 0 Å². The number of imidazole rings is 1. The first-order valence-electron chi connectivity index (χ1n) is 12.5. The summed E-state index contributed by atoms with van der Waals surface area (Å²) in [5, 5.41) is 15.0. The number of hydrogen-bond donors (Lipinski definition) is 1. The van der Waals surface area contributed by atoms with E-state index in [1.165, 1.54) is 0 Å². The molecule has 0 aliphatic heterocycles. The lowest BCUT2D eigenvalue weighted by Gasteiger charge is -2.11. The van der Waals surface area contributed by atoms with Gasteiger partial charge in [0.1, 0.15) is 0 Å². The van der Waals surface area contributed by atoms with Crippen LogP contribution in [-0.2, 0) is 19.4 Å². The Balaban J connectivity index is 1.49. The summed E-state index contributed by atoms with van der Waals surface area (Å²) in [5.41, 5.74) is 6.21. The smallest absolute Gasteiger partial charge is 0.292 e. The number of nitrogens with zero attached hydrogens (tertiary/aromatic N) is 6. The fourth-order valence-electron chi connectivity index (χ4n) is 4.65. The molecule has 0 aliphatic carbocycles. The average Bonchev–Trinajstić information content (AvgIpc) is 3.55.